The van der Waals surface area contributed by atoms with E-state index in [1.807, 2.05) is 0 Å². The Balaban J connectivity index is 0.000000245. The smallest absolute Gasteiger partial charge is 0.533 e. The SMILES string of the molecule is Oc1cc[c-]cc1.Oc1cc[c-]cc1.[Ru+2]. The van der Waals surface area contributed by atoms with Crippen molar-refractivity contribution in [3.05, 3.63) is 60.7 Å². The molecule has 0 bridgehead atoms. The van der Waals surface area contributed by atoms with Crippen LogP contribution in [0, 0.1) is 12.1 Å². The summed E-state index contributed by atoms with van der Waals surface area (Å²) in [5.41, 5.74) is 0. The second-order valence-electron chi connectivity index (χ2n) is 2.52. The zero-order valence-electron chi connectivity index (χ0n) is 7.87. The van der Waals surface area contributed by atoms with Gasteiger partial charge in [-0.05, 0) is 0 Å². The number of hydrogen-bond donors (Lipinski definition) is 2. The van der Waals surface area contributed by atoms with E-state index in [0.29, 0.717) is 11.5 Å². The van der Waals surface area contributed by atoms with Gasteiger partial charge in [0.1, 0.15) is 0 Å². The van der Waals surface area contributed by atoms with E-state index in [9.17, 15) is 0 Å². The van der Waals surface area contributed by atoms with Gasteiger partial charge in [-0.2, -0.15) is 36.4 Å². The molecule has 2 aromatic carbocycles. The fourth-order valence-corrected chi connectivity index (χ4v) is 0.756. The molecule has 0 atom stereocenters. The van der Waals surface area contributed by atoms with Crippen LogP contribution >= 0.6 is 0 Å². The summed E-state index contributed by atoms with van der Waals surface area (Å²) in [5, 5.41) is 17.2. The Bertz CT molecular complexity index is 311. The van der Waals surface area contributed by atoms with E-state index >= 15 is 0 Å². The molecule has 0 aliphatic carbocycles. The zero-order valence-corrected chi connectivity index (χ0v) is 9.60. The number of aromatic hydroxyl groups is 2. The van der Waals surface area contributed by atoms with Gasteiger partial charge in [0.05, 0.1) is 0 Å². The van der Waals surface area contributed by atoms with Gasteiger partial charge in [-0.3, -0.25) is 0 Å². The summed E-state index contributed by atoms with van der Waals surface area (Å²) in [7, 11) is 0. The van der Waals surface area contributed by atoms with Crippen LogP contribution in [0.3, 0.4) is 0 Å². The van der Waals surface area contributed by atoms with E-state index in [-0.39, 0.29) is 19.5 Å². The first-order chi connectivity index (χ1) is 6.79. The molecular formula is C12H10O2Ru. The molecule has 15 heavy (non-hydrogen) atoms. The third-order valence-corrected chi connectivity index (χ3v) is 1.40. The molecule has 2 nitrogen and oxygen atoms in total. The molecule has 0 heterocycles. The van der Waals surface area contributed by atoms with E-state index in [1.165, 1.54) is 0 Å². The van der Waals surface area contributed by atoms with Gasteiger partial charge in [0, 0.05) is 11.5 Å². The van der Waals surface area contributed by atoms with Crippen LogP contribution in [0.1, 0.15) is 0 Å². The van der Waals surface area contributed by atoms with Crippen molar-refractivity contribution in [2.45, 2.75) is 0 Å². The molecule has 0 aliphatic heterocycles. The van der Waals surface area contributed by atoms with Crippen LogP contribution in [0.2, 0.25) is 0 Å². The van der Waals surface area contributed by atoms with Gasteiger partial charge in [-0.15, -0.1) is 24.3 Å². The van der Waals surface area contributed by atoms with Gasteiger partial charge in [-0.1, -0.05) is 0 Å². The van der Waals surface area contributed by atoms with E-state index < -0.39 is 0 Å². The molecule has 0 unspecified atom stereocenters. The topological polar surface area (TPSA) is 40.5 Å². The first-order valence-corrected chi connectivity index (χ1v) is 4.09. The molecule has 0 saturated heterocycles. The summed E-state index contributed by atoms with van der Waals surface area (Å²) in [5.74, 6) is 0.581. The van der Waals surface area contributed by atoms with Crippen LogP contribution in [0.15, 0.2) is 48.5 Å². The van der Waals surface area contributed by atoms with Crippen LogP contribution < -0.4 is 0 Å². The molecule has 78 valence electrons. The second-order valence-corrected chi connectivity index (χ2v) is 2.52. The molecule has 2 N–H and O–H groups in total. The van der Waals surface area contributed by atoms with Crippen molar-refractivity contribution in [1.29, 1.82) is 0 Å². The molecular weight excluding hydrogens is 277 g/mol. The molecule has 0 saturated carbocycles. The van der Waals surface area contributed by atoms with Gasteiger partial charge < -0.3 is 10.2 Å². The molecule has 0 aliphatic rings. The first-order valence-electron chi connectivity index (χ1n) is 4.09. The molecule has 0 aromatic heterocycles. The number of rotatable bonds is 0. The Hall–Kier alpha value is -1.34. The summed E-state index contributed by atoms with van der Waals surface area (Å²) < 4.78 is 0. The van der Waals surface area contributed by atoms with Crippen LogP contribution in [0.4, 0.5) is 0 Å². The van der Waals surface area contributed by atoms with Crippen molar-refractivity contribution in [1.82, 2.24) is 0 Å². The predicted octanol–water partition coefficient (Wildman–Crippen LogP) is 2.38. The third-order valence-electron chi connectivity index (χ3n) is 1.40. The monoisotopic (exact) mass is 288 g/mol. The molecule has 2 rings (SSSR count). The van der Waals surface area contributed by atoms with E-state index in [4.69, 9.17) is 10.2 Å². The molecule has 2 aromatic rings. The van der Waals surface area contributed by atoms with Crippen LogP contribution in [0.25, 0.3) is 0 Å². The minimum absolute atomic E-state index is 0. The molecule has 3 heteroatoms. The largest absolute Gasteiger partial charge is 2.00 e. The minimum atomic E-state index is 0. The Morgan fingerprint density at radius 1 is 0.667 bits per heavy atom. The maximum absolute atomic E-state index is 8.61. The van der Waals surface area contributed by atoms with Gasteiger partial charge >= 0.3 is 19.5 Å². The Labute approximate surface area is 102 Å². The third kappa shape index (κ3) is 6.70. The number of benzene rings is 2. The maximum atomic E-state index is 8.61. The fraction of sp³-hybridized carbons (Fsp3) is 0. The predicted molar refractivity (Wildman–Crippen MR) is 53.9 cm³/mol. The summed E-state index contributed by atoms with van der Waals surface area (Å²) in [6, 6.07) is 18.5. The number of phenols is 2. The maximum Gasteiger partial charge on any atom is 2.00 e. The van der Waals surface area contributed by atoms with Gasteiger partial charge in [0.15, 0.2) is 0 Å². The summed E-state index contributed by atoms with van der Waals surface area (Å²) in [4.78, 5) is 0. The quantitative estimate of drug-likeness (QED) is 0.577. The Morgan fingerprint density at radius 2 is 0.933 bits per heavy atom. The van der Waals surface area contributed by atoms with Gasteiger partial charge in [0.25, 0.3) is 0 Å². The van der Waals surface area contributed by atoms with E-state index in [2.05, 4.69) is 12.1 Å². The summed E-state index contributed by atoms with van der Waals surface area (Å²) in [6.45, 7) is 0. The molecule has 0 amide bonds. The van der Waals surface area contributed by atoms with Crippen LogP contribution in [-0.2, 0) is 19.5 Å². The Morgan fingerprint density at radius 3 is 1.07 bits per heavy atom. The minimum Gasteiger partial charge on any atom is -0.533 e. The molecule has 0 radical (unpaired) electrons. The fourth-order valence-electron chi connectivity index (χ4n) is 0.756. The number of phenolic OH excluding ortho intramolecular Hbond substituents is 2. The molecule has 0 spiro atoms. The zero-order chi connectivity index (χ0) is 10.2. The first kappa shape index (κ1) is 13.7. The van der Waals surface area contributed by atoms with E-state index in [0.717, 1.165) is 0 Å². The van der Waals surface area contributed by atoms with Crippen LogP contribution in [-0.4, -0.2) is 10.2 Å². The van der Waals surface area contributed by atoms with Crippen molar-refractivity contribution in [2.75, 3.05) is 0 Å². The van der Waals surface area contributed by atoms with E-state index in [1.54, 1.807) is 48.5 Å². The van der Waals surface area contributed by atoms with Crippen molar-refractivity contribution >= 4 is 0 Å². The standard InChI is InChI=1S/2C6H5O.Ru/c2*7-6-4-2-1-3-5-6;/h2*2-5,7H;/q2*-1;+2. The second kappa shape index (κ2) is 8.01. The van der Waals surface area contributed by atoms with Crippen molar-refractivity contribution in [3.8, 4) is 11.5 Å². The summed E-state index contributed by atoms with van der Waals surface area (Å²) in [6.07, 6.45) is 0. The summed E-state index contributed by atoms with van der Waals surface area (Å²) >= 11 is 0. The molecule has 0 fully saturated rings. The van der Waals surface area contributed by atoms with Crippen LogP contribution in [0.5, 0.6) is 11.5 Å². The van der Waals surface area contributed by atoms with Crippen molar-refractivity contribution in [2.24, 2.45) is 0 Å². The Kier molecular flexibility index (Phi) is 7.30. The normalized spacial score (nSPS) is 8.00. The van der Waals surface area contributed by atoms with Gasteiger partial charge in [0.2, 0.25) is 0 Å². The van der Waals surface area contributed by atoms with Gasteiger partial charge in [-0.25, -0.2) is 0 Å². The van der Waals surface area contributed by atoms with Crippen molar-refractivity contribution in [3.63, 3.8) is 0 Å². The average molecular weight is 287 g/mol. The average Bonchev–Trinajstić information content (AvgIpc) is 2.21. The van der Waals surface area contributed by atoms with Crippen molar-refractivity contribution < 1.29 is 29.7 Å². The number of hydrogen-bond acceptors (Lipinski definition) is 2.